The Kier molecular flexibility index (Phi) is 6.41. The third kappa shape index (κ3) is 5.41. The number of benzene rings is 1. The molecule has 1 fully saturated rings. The summed E-state index contributed by atoms with van der Waals surface area (Å²) in [6.07, 6.45) is 1.79. The van der Waals surface area contributed by atoms with Crippen molar-refractivity contribution in [2.75, 3.05) is 39.3 Å². The largest absolute Gasteiger partial charge is 0.439 e. The quantitative estimate of drug-likeness (QED) is 0.824. The highest BCUT2D eigenvalue weighted by atomic mass is 16.4. The van der Waals surface area contributed by atoms with Crippen LogP contribution in [0.3, 0.4) is 0 Å². The second kappa shape index (κ2) is 8.96. The molecule has 0 atom stereocenters. The number of amides is 1. The smallest absolute Gasteiger partial charge is 0.234 e. The van der Waals surface area contributed by atoms with Crippen molar-refractivity contribution in [3.8, 4) is 11.3 Å². The van der Waals surface area contributed by atoms with E-state index in [-0.39, 0.29) is 5.91 Å². The molecule has 3 rings (SSSR count). The number of carbonyl (C=O) groups is 1. The molecule has 0 unspecified atom stereocenters. The molecule has 0 radical (unpaired) electrons. The van der Waals surface area contributed by atoms with Crippen LogP contribution in [-0.4, -0.2) is 60.0 Å². The van der Waals surface area contributed by atoms with Gasteiger partial charge < -0.3 is 9.73 Å². The lowest BCUT2D eigenvalue weighted by Gasteiger charge is -2.33. The molecular formula is C20H28N4O2. The van der Waals surface area contributed by atoms with Crippen molar-refractivity contribution in [2.24, 2.45) is 5.92 Å². The van der Waals surface area contributed by atoms with Gasteiger partial charge in [0.2, 0.25) is 11.8 Å². The van der Waals surface area contributed by atoms with Gasteiger partial charge in [-0.1, -0.05) is 44.2 Å². The Morgan fingerprint density at radius 1 is 1.15 bits per heavy atom. The number of piperazine rings is 1. The molecule has 26 heavy (non-hydrogen) atoms. The molecule has 1 saturated heterocycles. The van der Waals surface area contributed by atoms with Gasteiger partial charge in [-0.25, -0.2) is 4.98 Å². The third-order valence-electron chi connectivity index (χ3n) is 4.51. The van der Waals surface area contributed by atoms with Crippen LogP contribution in [0.25, 0.3) is 11.3 Å². The predicted molar refractivity (Wildman–Crippen MR) is 102 cm³/mol. The lowest BCUT2D eigenvalue weighted by molar-refractivity contribution is -0.122. The number of hydrogen-bond acceptors (Lipinski definition) is 5. The van der Waals surface area contributed by atoms with Crippen molar-refractivity contribution < 1.29 is 9.21 Å². The van der Waals surface area contributed by atoms with Crippen molar-refractivity contribution in [3.05, 3.63) is 42.4 Å². The first-order valence-corrected chi connectivity index (χ1v) is 9.31. The minimum Gasteiger partial charge on any atom is -0.439 e. The van der Waals surface area contributed by atoms with Gasteiger partial charge in [-0.3, -0.25) is 14.6 Å². The SMILES string of the molecule is CC(C)CNC(=O)CN1CCN(Cc2ncc(-c3ccccc3)o2)CC1. The van der Waals surface area contributed by atoms with Gasteiger partial charge in [-0.2, -0.15) is 0 Å². The molecule has 140 valence electrons. The van der Waals surface area contributed by atoms with Crippen LogP contribution in [0.4, 0.5) is 0 Å². The summed E-state index contributed by atoms with van der Waals surface area (Å²) in [6.45, 7) is 9.75. The van der Waals surface area contributed by atoms with Gasteiger partial charge in [-0.15, -0.1) is 0 Å². The Bertz CT molecular complexity index is 691. The van der Waals surface area contributed by atoms with E-state index in [0.29, 0.717) is 19.0 Å². The molecule has 1 N–H and O–H groups in total. The average molecular weight is 356 g/mol. The van der Waals surface area contributed by atoms with E-state index < -0.39 is 0 Å². The van der Waals surface area contributed by atoms with Gasteiger partial charge in [0.1, 0.15) is 0 Å². The molecule has 2 heterocycles. The standard InChI is InChI=1S/C20H28N4O2/c1-16(2)12-21-19(25)14-23-8-10-24(11-9-23)15-20-22-13-18(26-20)17-6-4-3-5-7-17/h3-7,13,16H,8-12,14-15H2,1-2H3,(H,21,25). The first-order chi connectivity index (χ1) is 12.6. The number of nitrogens with one attached hydrogen (secondary N) is 1. The number of aromatic nitrogens is 1. The van der Waals surface area contributed by atoms with E-state index in [1.54, 1.807) is 6.20 Å². The number of oxazole rings is 1. The van der Waals surface area contributed by atoms with Crippen LogP contribution in [0.2, 0.25) is 0 Å². The molecule has 0 bridgehead atoms. The second-order valence-electron chi connectivity index (χ2n) is 7.23. The molecule has 0 saturated carbocycles. The summed E-state index contributed by atoms with van der Waals surface area (Å²) >= 11 is 0. The fourth-order valence-electron chi connectivity index (χ4n) is 2.99. The van der Waals surface area contributed by atoms with Gasteiger partial charge in [0.15, 0.2) is 5.76 Å². The highest BCUT2D eigenvalue weighted by molar-refractivity contribution is 5.78. The maximum Gasteiger partial charge on any atom is 0.234 e. The molecule has 6 nitrogen and oxygen atoms in total. The molecule has 0 spiro atoms. The summed E-state index contributed by atoms with van der Waals surface area (Å²) in [4.78, 5) is 20.9. The Labute approximate surface area is 155 Å². The Hall–Kier alpha value is -2.18. The molecule has 2 aromatic rings. The van der Waals surface area contributed by atoms with E-state index in [1.165, 1.54) is 0 Å². The molecule has 1 aliphatic rings. The minimum atomic E-state index is 0.118. The van der Waals surface area contributed by atoms with E-state index in [4.69, 9.17) is 4.42 Å². The predicted octanol–water partition coefficient (Wildman–Crippen LogP) is 2.23. The third-order valence-corrected chi connectivity index (χ3v) is 4.51. The first kappa shape index (κ1) is 18.6. The molecular weight excluding hydrogens is 328 g/mol. The Balaban J connectivity index is 1.43. The molecule has 1 aliphatic heterocycles. The van der Waals surface area contributed by atoms with Crippen LogP contribution in [0.5, 0.6) is 0 Å². The Morgan fingerprint density at radius 3 is 2.54 bits per heavy atom. The minimum absolute atomic E-state index is 0.118. The summed E-state index contributed by atoms with van der Waals surface area (Å²) in [5, 5.41) is 2.98. The highest BCUT2D eigenvalue weighted by Crippen LogP contribution is 2.20. The first-order valence-electron chi connectivity index (χ1n) is 9.31. The van der Waals surface area contributed by atoms with Crippen LogP contribution in [0.1, 0.15) is 19.7 Å². The highest BCUT2D eigenvalue weighted by Gasteiger charge is 2.20. The van der Waals surface area contributed by atoms with Crippen LogP contribution in [0, 0.1) is 5.92 Å². The number of hydrogen-bond donors (Lipinski definition) is 1. The van der Waals surface area contributed by atoms with Crippen molar-refractivity contribution in [1.82, 2.24) is 20.1 Å². The summed E-state index contributed by atoms with van der Waals surface area (Å²) in [6, 6.07) is 10.0. The van der Waals surface area contributed by atoms with Gasteiger partial charge in [-0.05, 0) is 5.92 Å². The lowest BCUT2D eigenvalue weighted by atomic mass is 10.2. The van der Waals surface area contributed by atoms with Crippen LogP contribution in [-0.2, 0) is 11.3 Å². The van der Waals surface area contributed by atoms with Gasteiger partial charge >= 0.3 is 0 Å². The van der Waals surface area contributed by atoms with E-state index in [1.807, 2.05) is 30.3 Å². The van der Waals surface area contributed by atoms with E-state index in [9.17, 15) is 4.79 Å². The zero-order valence-electron chi connectivity index (χ0n) is 15.6. The lowest BCUT2D eigenvalue weighted by Crippen LogP contribution is -2.49. The van der Waals surface area contributed by atoms with E-state index >= 15 is 0 Å². The van der Waals surface area contributed by atoms with E-state index in [2.05, 4.69) is 33.9 Å². The molecule has 0 aliphatic carbocycles. The summed E-state index contributed by atoms with van der Waals surface area (Å²) < 4.78 is 5.89. The van der Waals surface area contributed by atoms with E-state index in [0.717, 1.165) is 49.9 Å². The van der Waals surface area contributed by atoms with Crippen molar-refractivity contribution >= 4 is 5.91 Å². The molecule has 1 amide bonds. The molecule has 1 aromatic heterocycles. The zero-order valence-corrected chi connectivity index (χ0v) is 15.6. The maximum atomic E-state index is 11.9. The normalized spacial score (nSPS) is 16.1. The Morgan fingerprint density at radius 2 is 1.85 bits per heavy atom. The zero-order chi connectivity index (χ0) is 18.4. The summed E-state index contributed by atoms with van der Waals surface area (Å²) in [5.41, 5.74) is 1.04. The fraction of sp³-hybridized carbons (Fsp3) is 0.500. The van der Waals surface area contributed by atoms with Crippen molar-refractivity contribution in [2.45, 2.75) is 20.4 Å². The fourth-order valence-corrected chi connectivity index (χ4v) is 2.99. The number of carbonyl (C=O) groups excluding carboxylic acids is 1. The van der Waals surface area contributed by atoms with Crippen LogP contribution >= 0.6 is 0 Å². The monoisotopic (exact) mass is 356 g/mol. The van der Waals surface area contributed by atoms with Gasteiger partial charge in [0, 0.05) is 38.3 Å². The maximum absolute atomic E-state index is 11.9. The van der Waals surface area contributed by atoms with Crippen LogP contribution < -0.4 is 5.32 Å². The topological polar surface area (TPSA) is 61.6 Å². The molecule has 6 heteroatoms. The summed E-state index contributed by atoms with van der Waals surface area (Å²) in [7, 11) is 0. The number of rotatable bonds is 7. The average Bonchev–Trinajstić information content (AvgIpc) is 3.11. The van der Waals surface area contributed by atoms with Crippen LogP contribution in [0.15, 0.2) is 40.9 Å². The van der Waals surface area contributed by atoms with Gasteiger partial charge in [0.25, 0.3) is 0 Å². The molecule has 1 aromatic carbocycles. The number of nitrogens with zero attached hydrogens (tertiary/aromatic N) is 3. The van der Waals surface area contributed by atoms with Gasteiger partial charge in [0.05, 0.1) is 19.3 Å². The van der Waals surface area contributed by atoms with Crippen molar-refractivity contribution in [3.63, 3.8) is 0 Å². The van der Waals surface area contributed by atoms with Crippen molar-refractivity contribution in [1.29, 1.82) is 0 Å². The summed E-state index contributed by atoms with van der Waals surface area (Å²) in [5.74, 6) is 2.15. The second-order valence-corrected chi connectivity index (χ2v) is 7.23.